The Hall–Kier alpha value is -1.66. The van der Waals surface area contributed by atoms with Gasteiger partial charge in [-0.1, -0.05) is 0 Å². The number of carbonyl (C=O) groups excluding carboxylic acids is 1. The Kier molecular flexibility index (Phi) is 4.55. The van der Waals surface area contributed by atoms with Gasteiger partial charge in [0.15, 0.2) is 0 Å². The molecule has 0 bridgehead atoms. The summed E-state index contributed by atoms with van der Waals surface area (Å²) in [6.07, 6.45) is 4.56. The molecule has 0 aliphatic carbocycles. The van der Waals surface area contributed by atoms with E-state index in [0.717, 1.165) is 25.9 Å². The van der Waals surface area contributed by atoms with Crippen molar-refractivity contribution in [2.75, 3.05) is 33.4 Å². The van der Waals surface area contributed by atoms with Gasteiger partial charge in [0.05, 0.1) is 12.7 Å². The molecular weight excluding hydrogens is 296 g/mol. The van der Waals surface area contributed by atoms with Gasteiger partial charge in [0.1, 0.15) is 5.56 Å². The topological polar surface area (TPSA) is 60.8 Å². The number of pyridine rings is 1. The number of hydrogen-bond donors (Lipinski definition) is 0. The molecule has 1 amide bonds. The van der Waals surface area contributed by atoms with Gasteiger partial charge in [0.25, 0.3) is 11.5 Å². The lowest BCUT2D eigenvalue weighted by atomic mass is 9.73. The van der Waals surface area contributed by atoms with Crippen molar-refractivity contribution in [1.82, 2.24) is 9.47 Å². The summed E-state index contributed by atoms with van der Waals surface area (Å²) in [6, 6.07) is 3.34. The molecule has 3 rings (SSSR count). The molecule has 2 aliphatic rings. The standard InChI is InChI=1S/C17H24N2O4/c1-18-8-3-5-13(15(18)20)16(21)19-9-6-14-17(11-19,12-22-2)7-4-10-23-14/h3,5,8,14H,4,6-7,9-12H2,1-2H3. The average Bonchev–Trinajstić information content (AvgIpc) is 2.56. The van der Waals surface area contributed by atoms with Crippen molar-refractivity contribution in [2.24, 2.45) is 12.5 Å². The summed E-state index contributed by atoms with van der Waals surface area (Å²) in [5.41, 5.74) is -0.168. The molecule has 2 aliphatic heterocycles. The van der Waals surface area contributed by atoms with Crippen molar-refractivity contribution in [2.45, 2.75) is 25.4 Å². The minimum atomic E-state index is -0.250. The fraction of sp³-hybridized carbons (Fsp3) is 0.647. The Morgan fingerprint density at radius 2 is 2.35 bits per heavy atom. The zero-order valence-electron chi connectivity index (χ0n) is 13.8. The highest BCUT2D eigenvalue weighted by atomic mass is 16.5. The van der Waals surface area contributed by atoms with Gasteiger partial charge in [-0.25, -0.2) is 0 Å². The number of fused-ring (bicyclic) bond motifs is 1. The van der Waals surface area contributed by atoms with Crippen molar-refractivity contribution < 1.29 is 14.3 Å². The first-order valence-electron chi connectivity index (χ1n) is 8.13. The third kappa shape index (κ3) is 2.93. The number of aryl methyl sites for hydroxylation is 1. The largest absolute Gasteiger partial charge is 0.384 e. The molecule has 3 heterocycles. The maximum absolute atomic E-state index is 12.8. The van der Waals surface area contributed by atoms with Crippen molar-refractivity contribution in [1.29, 1.82) is 0 Å². The number of aromatic nitrogens is 1. The van der Waals surface area contributed by atoms with Crippen LogP contribution >= 0.6 is 0 Å². The van der Waals surface area contributed by atoms with E-state index in [9.17, 15) is 9.59 Å². The van der Waals surface area contributed by atoms with Crippen LogP contribution in [0.25, 0.3) is 0 Å². The molecule has 6 heteroatoms. The minimum absolute atomic E-state index is 0.138. The van der Waals surface area contributed by atoms with E-state index in [4.69, 9.17) is 9.47 Å². The molecule has 6 nitrogen and oxygen atoms in total. The number of methoxy groups -OCH3 is 1. The summed E-state index contributed by atoms with van der Waals surface area (Å²) in [6.45, 7) is 2.56. The van der Waals surface area contributed by atoms with Crippen LogP contribution in [0.2, 0.25) is 0 Å². The minimum Gasteiger partial charge on any atom is -0.384 e. The highest BCUT2D eigenvalue weighted by molar-refractivity contribution is 5.94. The van der Waals surface area contributed by atoms with Crippen LogP contribution < -0.4 is 5.56 Å². The molecule has 2 fully saturated rings. The average molecular weight is 320 g/mol. The fourth-order valence-corrected chi connectivity index (χ4v) is 3.89. The number of piperidine rings is 1. The zero-order chi connectivity index (χ0) is 16.4. The van der Waals surface area contributed by atoms with Gasteiger partial charge in [0.2, 0.25) is 0 Å². The quantitative estimate of drug-likeness (QED) is 0.835. The molecule has 0 N–H and O–H groups in total. The number of rotatable bonds is 3. The molecular formula is C17H24N2O4. The van der Waals surface area contributed by atoms with E-state index in [0.29, 0.717) is 19.7 Å². The van der Waals surface area contributed by atoms with Gasteiger partial charge in [-0.15, -0.1) is 0 Å². The molecule has 1 aromatic rings. The highest BCUT2D eigenvalue weighted by Crippen LogP contribution is 2.40. The second-order valence-electron chi connectivity index (χ2n) is 6.61. The van der Waals surface area contributed by atoms with Crippen LogP contribution in [0.3, 0.4) is 0 Å². The maximum atomic E-state index is 12.8. The molecule has 126 valence electrons. The predicted octanol–water partition coefficient (Wildman–Crippen LogP) is 1.04. The summed E-state index contributed by atoms with van der Waals surface area (Å²) >= 11 is 0. The molecule has 2 saturated heterocycles. The van der Waals surface area contributed by atoms with Gasteiger partial charge in [-0.3, -0.25) is 9.59 Å². The lowest BCUT2D eigenvalue weighted by Crippen LogP contribution is -2.58. The first kappa shape index (κ1) is 16.2. The molecule has 2 unspecified atom stereocenters. The van der Waals surface area contributed by atoms with Crippen LogP contribution in [0.1, 0.15) is 29.6 Å². The first-order valence-corrected chi connectivity index (χ1v) is 8.13. The number of likely N-dealkylation sites (tertiary alicyclic amines) is 1. The van der Waals surface area contributed by atoms with E-state index in [2.05, 4.69) is 0 Å². The Bertz CT molecular complexity index is 638. The summed E-state index contributed by atoms with van der Waals surface area (Å²) in [7, 11) is 3.35. The van der Waals surface area contributed by atoms with Gasteiger partial charge in [-0.05, 0) is 31.4 Å². The Morgan fingerprint density at radius 1 is 1.52 bits per heavy atom. The Morgan fingerprint density at radius 3 is 3.13 bits per heavy atom. The molecule has 0 spiro atoms. The molecule has 0 saturated carbocycles. The summed E-state index contributed by atoms with van der Waals surface area (Å²) in [5.74, 6) is -0.189. The normalized spacial score (nSPS) is 27.6. The van der Waals surface area contributed by atoms with Gasteiger partial charge in [0, 0.05) is 45.5 Å². The number of carbonyl (C=O) groups is 1. The number of amides is 1. The third-order valence-electron chi connectivity index (χ3n) is 5.06. The Balaban J connectivity index is 1.85. The summed E-state index contributed by atoms with van der Waals surface area (Å²) in [5, 5.41) is 0. The van der Waals surface area contributed by atoms with Crippen LogP contribution in [-0.2, 0) is 16.5 Å². The monoisotopic (exact) mass is 320 g/mol. The summed E-state index contributed by atoms with van der Waals surface area (Å²) in [4.78, 5) is 26.8. The van der Waals surface area contributed by atoms with Crippen LogP contribution in [0.4, 0.5) is 0 Å². The highest BCUT2D eigenvalue weighted by Gasteiger charge is 2.47. The first-order chi connectivity index (χ1) is 11.1. The maximum Gasteiger partial charge on any atom is 0.263 e. The van der Waals surface area contributed by atoms with Crippen molar-refractivity contribution >= 4 is 5.91 Å². The Labute approximate surface area is 136 Å². The predicted molar refractivity (Wildman–Crippen MR) is 85.5 cm³/mol. The van der Waals surface area contributed by atoms with Crippen LogP contribution in [0.5, 0.6) is 0 Å². The second-order valence-corrected chi connectivity index (χ2v) is 6.61. The second kappa shape index (κ2) is 6.45. The molecule has 2 atom stereocenters. The van der Waals surface area contributed by atoms with Crippen molar-refractivity contribution in [3.63, 3.8) is 0 Å². The van der Waals surface area contributed by atoms with E-state index >= 15 is 0 Å². The fourth-order valence-electron chi connectivity index (χ4n) is 3.89. The number of hydrogen-bond acceptors (Lipinski definition) is 4. The molecule has 0 radical (unpaired) electrons. The molecule has 1 aromatic heterocycles. The van der Waals surface area contributed by atoms with Gasteiger partial charge >= 0.3 is 0 Å². The molecule has 0 aromatic carbocycles. The van der Waals surface area contributed by atoms with E-state index in [1.807, 2.05) is 0 Å². The van der Waals surface area contributed by atoms with Crippen LogP contribution in [0.15, 0.2) is 23.1 Å². The lowest BCUT2D eigenvalue weighted by Gasteiger charge is -2.50. The lowest BCUT2D eigenvalue weighted by molar-refractivity contribution is -0.142. The zero-order valence-corrected chi connectivity index (χ0v) is 13.8. The van der Waals surface area contributed by atoms with E-state index in [1.54, 1.807) is 37.4 Å². The van der Waals surface area contributed by atoms with Crippen LogP contribution in [-0.4, -0.2) is 54.9 Å². The summed E-state index contributed by atoms with van der Waals surface area (Å²) < 4.78 is 12.8. The van der Waals surface area contributed by atoms with Crippen LogP contribution in [0, 0.1) is 5.41 Å². The smallest absolute Gasteiger partial charge is 0.263 e. The van der Waals surface area contributed by atoms with E-state index < -0.39 is 0 Å². The van der Waals surface area contributed by atoms with Gasteiger partial charge in [-0.2, -0.15) is 0 Å². The number of ether oxygens (including phenoxy) is 2. The van der Waals surface area contributed by atoms with Crippen molar-refractivity contribution in [3.05, 3.63) is 34.2 Å². The van der Waals surface area contributed by atoms with Gasteiger partial charge < -0.3 is 18.9 Å². The molecule has 23 heavy (non-hydrogen) atoms. The van der Waals surface area contributed by atoms with Crippen molar-refractivity contribution in [3.8, 4) is 0 Å². The third-order valence-corrected chi connectivity index (χ3v) is 5.06. The number of nitrogens with zero attached hydrogens (tertiary/aromatic N) is 2. The van der Waals surface area contributed by atoms with E-state index in [1.165, 1.54) is 4.57 Å². The SMILES string of the molecule is COCC12CCCOC1CCN(C(=O)c1cccn(C)c1=O)C2. The van der Waals surface area contributed by atoms with E-state index in [-0.39, 0.29) is 28.5 Å².